The summed E-state index contributed by atoms with van der Waals surface area (Å²) in [5.41, 5.74) is 0. The minimum atomic E-state index is -1.52. The maximum absolute atomic E-state index is 12.5. The number of rotatable bonds is 0. The Balaban J connectivity index is 3.32. The molecular formula is C6Cl2F2O2. The number of ketones is 2. The Kier molecular flexibility index (Phi) is 2.30. The van der Waals surface area contributed by atoms with E-state index in [1.807, 2.05) is 0 Å². The second-order valence-electron chi connectivity index (χ2n) is 1.91. The second-order valence-corrected chi connectivity index (χ2v) is 2.67. The molecule has 1 aliphatic rings. The Morgan fingerprint density at radius 2 is 1.08 bits per heavy atom. The van der Waals surface area contributed by atoms with E-state index in [-0.39, 0.29) is 0 Å². The maximum atomic E-state index is 12.5. The van der Waals surface area contributed by atoms with Crippen LogP contribution in [-0.4, -0.2) is 11.6 Å². The average Bonchev–Trinajstić information content (AvgIpc) is 2.08. The van der Waals surface area contributed by atoms with Crippen molar-refractivity contribution in [3.8, 4) is 0 Å². The van der Waals surface area contributed by atoms with Crippen LogP contribution in [0.25, 0.3) is 0 Å². The first-order valence-electron chi connectivity index (χ1n) is 2.66. The quantitative estimate of drug-likeness (QED) is 0.576. The highest BCUT2D eigenvalue weighted by Gasteiger charge is 2.33. The predicted octanol–water partition coefficient (Wildman–Crippen LogP) is 1.98. The van der Waals surface area contributed by atoms with E-state index >= 15 is 0 Å². The Labute approximate surface area is 75.4 Å². The number of hydrogen-bond acceptors (Lipinski definition) is 2. The Morgan fingerprint density at radius 1 is 0.833 bits per heavy atom. The van der Waals surface area contributed by atoms with Crippen LogP contribution in [0.5, 0.6) is 0 Å². The van der Waals surface area contributed by atoms with E-state index < -0.39 is 33.3 Å². The molecule has 0 N–H and O–H groups in total. The minimum Gasteiger partial charge on any atom is -0.285 e. The van der Waals surface area contributed by atoms with Gasteiger partial charge in [-0.1, -0.05) is 23.2 Å². The Bertz CT molecular complexity index is 281. The van der Waals surface area contributed by atoms with E-state index in [0.717, 1.165) is 0 Å². The van der Waals surface area contributed by atoms with Crippen LogP contribution < -0.4 is 0 Å². The van der Waals surface area contributed by atoms with Gasteiger partial charge >= 0.3 is 0 Å². The summed E-state index contributed by atoms with van der Waals surface area (Å²) in [6, 6.07) is 0. The molecule has 0 aliphatic heterocycles. The lowest BCUT2D eigenvalue weighted by Gasteiger charge is -2.06. The molecule has 64 valence electrons. The summed E-state index contributed by atoms with van der Waals surface area (Å²) in [5.74, 6) is -5.85. The highest BCUT2D eigenvalue weighted by atomic mass is 35.5. The van der Waals surface area contributed by atoms with Crippen molar-refractivity contribution in [3.63, 3.8) is 0 Å². The number of carbonyl (C=O) groups is 2. The van der Waals surface area contributed by atoms with Gasteiger partial charge in [-0.15, -0.1) is 0 Å². The average molecular weight is 213 g/mol. The molecule has 0 saturated heterocycles. The minimum absolute atomic E-state index is 1.07. The third-order valence-electron chi connectivity index (χ3n) is 1.18. The van der Waals surface area contributed by atoms with Crippen LogP contribution in [0.15, 0.2) is 21.7 Å². The van der Waals surface area contributed by atoms with Gasteiger partial charge in [-0.05, 0) is 0 Å². The molecule has 6 heteroatoms. The van der Waals surface area contributed by atoms with E-state index in [4.69, 9.17) is 23.2 Å². The molecule has 1 aliphatic carbocycles. The van der Waals surface area contributed by atoms with Gasteiger partial charge in [0.15, 0.2) is 11.7 Å². The Morgan fingerprint density at radius 3 is 1.33 bits per heavy atom. The number of hydrogen-bond donors (Lipinski definition) is 0. The molecule has 12 heavy (non-hydrogen) atoms. The third-order valence-corrected chi connectivity index (χ3v) is 1.86. The van der Waals surface area contributed by atoms with Crippen LogP contribution in [0.2, 0.25) is 0 Å². The van der Waals surface area contributed by atoms with Crippen LogP contribution in [0.1, 0.15) is 0 Å². The lowest BCUT2D eigenvalue weighted by atomic mass is 10.1. The molecule has 0 unspecified atom stereocenters. The molecule has 0 bridgehead atoms. The molecule has 0 radical (unpaired) electrons. The van der Waals surface area contributed by atoms with Gasteiger partial charge in [-0.2, -0.15) is 0 Å². The first kappa shape index (κ1) is 9.35. The van der Waals surface area contributed by atoms with Gasteiger partial charge in [0.25, 0.3) is 0 Å². The van der Waals surface area contributed by atoms with E-state index in [0.29, 0.717) is 0 Å². The van der Waals surface area contributed by atoms with Crippen LogP contribution in [0, 0.1) is 0 Å². The van der Waals surface area contributed by atoms with Crippen molar-refractivity contribution < 1.29 is 18.4 Å². The number of halogens is 4. The van der Waals surface area contributed by atoms with Crippen molar-refractivity contribution >= 4 is 34.8 Å². The largest absolute Gasteiger partial charge is 0.285 e. The van der Waals surface area contributed by atoms with E-state index in [1.54, 1.807) is 0 Å². The number of Topliss-reactive ketones (excluding diaryl/α,β-unsaturated/α-hetero) is 2. The lowest BCUT2D eigenvalue weighted by Crippen LogP contribution is -2.15. The molecule has 0 amide bonds. The third kappa shape index (κ3) is 1.17. The molecule has 2 nitrogen and oxygen atoms in total. The normalized spacial score (nSPS) is 19.3. The summed E-state index contributed by atoms with van der Waals surface area (Å²) < 4.78 is 25.1. The zero-order valence-electron chi connectivity index (χ0n) is 5.33. The molecule has 0 fully saturated rings. The SMILES string of the molecule is O=C1C(F)=C(Cl)C(=O)C(F)=C1Cl. The highest BCUT2D eigenvalue weighted by molar-refractivity contribution is 6.55. The van der Waals surface area contributed by atoms with Crippen molar-refractivity contribution in [1.82, 2.24) is 0 Å². The Hall–Kier alpha value is -0.740. The fourth-order valence-electron chi connectivity index (χ4n) is 0.591. The van der Waals surface area contributed by atoms with Crippen molar-refractivity contribution in [2.24, 2.45) is 0 Å². The fourth-order valence-corrected chi connectivity index (χ4v) is 0.929. The fraction of sp³-hybridized carbons (Fsp3) is 0. The molecule has 0 atom stereocenters. The summed E-state index contributed by atoms with van der Waals surface area (Å²) >= 11 is 9.95. The standard InChI is InChI=1S/C6Cl2F2O2/c7-1-3(9)6(12)2(8)4(10)5(1)11. The van der Waals surface area contributed by atoms with E-state index in [2.05, 4.69) is 0 Å². The van der Waals surface area contributed by atoms with Crippen molar-refractivity contribution in [2.75, 3.05) is 0 Å². The molecule has 0 heterocycles. The lowest BCUT2D eigenvalue weighted by molar-refractivity contribution is -0.117. The smallest absolute Gasteiger partial charge is 0.237 e. The summed E-state index contributed by atoms with van der Waals surface area (Å²) in [7, 11) is 0. The predicted molar refractivity (Wildman–Crippen MR) is 38.0 cm³/mol. The maximum Gasteiger partial charge on any atom is 0.237 e. The molecule has 1 rings (SSSR count). The van der Waals surface area contributed by atoms with Gasteiger partial charge in [-0.3, -0.25) is 9.59 Å². The molecule has 0 spiro atoms. The summed E-state index contributed by atoms with van der Waals surface area (Å²) in [6.07, 6.45) is 0. The highest BCUT2D eigenvalue weighted by Crippen LogP contribution is 2.30. The first-order valence-corrected chi connectivity index (χ1v) is 3.42. The van der Waals surface area contributed by atoms with Gasteiger partial charge in [0.1, 0.15) is 10.1 Å². The van der Waals surface area contributed by atoms with E-state index in [9.17, 15) is 18.4 Å². The summed E-state index contributed by atoms with van der Waals surface area (Å²) in [4.78, 5) is 21.2. The molecule has 0 aromatic carbocycles. The number of allylic oxidation sites excluding steroid dienone is 4. The van der Waals surface area contributed by atoms with Crippen LogP contribution in [0.3, 0.4) is 0 Å². The summed E-state index contributed by atoms with van der Waals surface area (Å²) in [6.45, 7) is 0. The molecule has 0 aromatic heterocycles. The van der Waals surface area contributed by atoms with Gasteiger partial charge in [-0.25, -0.2) is 8.78 Å². The molecular weight excluding hydrogens is 213 g/mol. The van der Waals surface area contributed by atoms with Gasteiger partial charge in [0, 0.05) is 0 Å². The first-order chi connectivity index (χ1) is 5.46. The number of carbonyl (C=O) groups excluding carboxylic acids is 2. The topological polar surface area (TPSA) is 34.1 Å². The monoisotopic (exact) mass is 212 g/mol. The molecule has 0 aromatic rings. The van der Waals surface area contributed by atoms with Crippen molar-refractivity contribution in [1.29, 1.82) is 0 Å². The molecule has 0 saturated carbocycles. The van der Waals surface area contributed by atoms with Gasteiger partial charge in [0.05, 0.1) is 0 Å². The van der Waals surface area contributed by atoms with Crippen LogP contribution in [0.4, 0.5) is 8.78 Å². The van der Waals surface area contributed by atoms with Crippen molar-refractivity contribution in [3.05, 3.63) is 21.7 Å². The van der Waals surface area contributed by atoms with E-state index in [1.165, 1.54) is 0 Å². The van der Waals surface area contributed by atoms with Crippen molar-refractivity contribution in [2.45, 2.75) is 0 Å². The summed E-state index contributed by atoms with van der Waals surface area (Å²) in [5, 5.41) is -2.14. The zero-order chi connectivity index (χ0) is 9.46. The van der Waals surface area contributed by atoms with Gasteiger partial charge in [0.2, 0.25) is 11.6 Å². The van der Waals surface area contributed by atoms with Gasteiger partial charge < -0.3 is 0 Å². The van der Waals surface area contributed by atoms with Crippen LogP contribution >= 0.6 is 23.2 Å². The zero-order valence-corrected chi connectivity index (χ0v) is 6.84. The van der Waals surface area contributed by atoms with Crippen LogP contribution in [-0.2, 0) is 9.59 Å². The second kappa shape index (κ2) is 2.95.